The predicted molar refractivity (Wildman–Crippen MR) is 108 cm³/mol. The molecule has 1 aromatic heterocycles. The van der Waals surface area contributed by atoms with Crippen LogP contribution in [0, 0.1) is 0 Å². The topological polar surface area (TPSA) is 60.5 Å². The third-order valence-electron chi connectivity index (χ3n) is 4.15. The van der Waals surface area contributed by atoms with Gasteiger partial charge in [-0.15, -0.1) is 10.2 Å². The first-order valence-corrected chi connectivity index (χ1v) is 9.09. The molecule has 28 heavy (non-hydrogen) atoms. The Balaban J connectivity index is 1.43. The van der Waals surface area contributed by atoms with Crippen molar-refractivity contribution >= 4 is 5.71 Å². The van der Waals surface area contributed by atoms with Crippen molar-refractivity contribution < 1.29 is 9.25 Å². The summed E-state index contributed by atoms with van der Waals surface area (Å²) >= 11 is 0. The monoisotopic (exact) mass is 369 g/mol. The molecule has 0 aliphatic rings. The van der Waals surface area contributed by atoms with E-state index in [-0.39, 0.29) is 0 Å². The van der Waals surface area contributed by atoms with Gasteiger partial charge >= 0.3 is 0 Å². The quantitative estimate of drug-likeness (QED) is 0.268. The van der Waals surface area contributed by atoms with Crippen LogP contribution in [-0.2, 0) is 11.3 Å². The molecule has 0 unspecified atom stereocenters. The molecule has 0 spiro atoms. The van der Waals surface area contributed by atoms with Crippen molar-refractivity contribution in [1.82, 2.24) is 10.2 Å². The molecule has 0 atom stereocenters. The van der Waals surface area contributed by atoms with Gasteiger partial charge in [-0.1, -0.05) is 84.0 Å². The van der Waals surface area contributed by atoms with Crippen molar-refractivity contribution in [2.75, 3.05) is 6.61 Å². The molecule has 0 aliphatic heterocycles. The summed E-state index contributed by atoms with van der Waals surface area (Å²) in [5.74, 6) is 1.03. The zero-order valence-corrected chi connectivity index (χ0v) is 15.2. The molecule has 5 nitrogen and oxygen atoms in total. The summed E-state index contributed by atoms with van der Waals surface area (Å²) < 4.78 is 5.70. The second-order valence-corrected chi connectivity index (χ2v) is 6.12. The highest BCUT2D eigenvalue weighted by molar-refractivity contribution is 6.12. The van der Waals surface area contributed by atoms with E-state index >= 15 is 0 Å². The fourth-order valence-corrected chi connectivity index (χ4v) is 2.76. The second-order valence-electron chi connectivity index (χ2n) is 6.12. The van der Waals surface area contributed by atoms with E-state index < -0.39 is 0 Å². The predicted octanol–water partition coefficient (Wildman–Crippen LogP) is 4.75. The highest BCUT2D eigenvalue weighted by Gasteiger charge is 2.09. The van der Waals surface area contributed by atoms with Crippen molar-refractivity contribution in [2.45, 2.75) is 6.42 Å². The highest BCUT2D eigenvalue weighted by atomic mass is 16.6. The maximum atomic E-state index is 5.70. The van der Waals surface area contributed by atoms with Gasteiger partial charge in [-0.3, -0.25) is 0 Å². The SMILES string of the molecule is c1ccc(C(=NOCCc2nnc(-c3ccccc3)o2)c2ccccc2)cc1. The molecule has 4 rings (SSSR count). The van der Waals surface area contributed by atoms with E-state index in [1.807, 2.05) is 91.0 Å². The molecule has 0 N–H and O–H groups in total. The first-order chi connectivity index (χ1) is 13.9. The minimum absolute atomic E-state index is 0.347. The van der Waals surface area contributed by atoms with E-state index in [4.69, 9.17) is 9.25 Å². The van der Waals surface area contributed by atoms with Crippen LogP contribution in [0.1, 0.15) is 17.0 Å². The van der Waals surface area contributed by atoms with Gasteiger partial charge in [0, 0.05) is 16.7 Å². The molecule has 0 radical (unpaired) electrons. The Morgan fingerprint density at radius 3 is 1.93 bits per heavy atom. The summed E-state index contributed by atoms with van der Waals surface area (Å²) in [7, 11) is 0. The van der Waals surface area contributed by atoms with Crippen LogP contribution in [0.5, 0.6) is 0 Å². The molecule has 0 aliphatic carbocycles. The number of nitrogens with zero attached hydrogens (tertiary/aromatic N) is 3. The van der Waals surface area contributed by atoms with Gasteiger partial charge in [0.15, 0.2) is 0 Å². The van der Waals surface area contributed by atoms with Crippen LogP contribution in [0.25, 0.3) is 11.5 Å². The van der Waals surface area contributed by atoms with Crippen LogP contribution in [0.15, 0.2) is 101 Å². The van der Waals surface area contributed by atoms with Gasteiger partial charge in [0.2, 0.25) is 11.8 Å². The molecule has 1 heterocycles. The van der Waals surface area contributed by atoms with Gasteiger partial charge in [-0.05, 0) is 12.1 Å². The summed E-state index contributed by atoms with van der Waals surface area (Å²) in [5.41, 5.74) is 3.68. The van der Waals surface area contributed by atoms with Crippen LogP contribution in [0.4, 0.5) is 0 Å². The lowest BCUT2D eigenvalue weighted by Gasteiger charge is -2.07. The molecule has 4 aromatic rings. The first-order valence-electron chi connectivity index (χ1n) is 9.09. The zero-order chi connectivity index (χ0) is 19.0. The number of aromatic nitrogens is 2. The molecular weight excluding hydrogens is 350 g/mol. The third kappa shape index (κ3) is 4.32. The van der Waals surface area contributed by atoms with E-state index in [2.05, 4.69) is 15.4 Å². The molecule has 138 valence electrons. The Labute approximate surface area is 163 Å². The largest absolute Gasteiger partial charge is 0.421 e. The summed E-state index contributed by atoms with van der Waals surface area (Å²) in [6.45, 7) is 0.347. The van der Waals surface area contributed by atoms with Gasteiger partial charge in [0.1, 0.15) is 12.3 Å². The van der Waals surface area contributed by atoms with E-state index in [0.29, 0.717) is 24.8 Å². The van der Waals surface area contributed by atoms with E-state index in [9.17, 15) is 0 Å². The lowest BCUT2D eigenvalue weighted by molar-refractivity contribution is 0.143. The Kier molecular flexibility index (Phi) is 5.54. The summed E-state index contributed by atoms with van der Waals surface area (Å²) in [6.07, 6.45) is 0.486. The van der Waals surface area contributed by atoms with Crippen molar-refractivity contribution in [3.63, 3.8) is 0 Å². The van der Waals surface area contributed by atoms with Gasteiger partial charge in [-0.25, -0.2) is 0 Å². The van der Waals surface area contributed by atoms with Crippen LogP contribution >= 0.6 is 0 Å². The van der Waals surface area contributed by atoms with Gasteiger partial charge in [-0.2, -0.15) is 0 Å². The van der Waals surface area contributed by atoms with Gasteiger partial charge < -0.3 is 9.25 Å². The van der Waals surface area contributed by atoms with E-state index in [1.54, 1.807) is 0 Å². The Morgan fingerprint density at radius 1 is 0.750 bits per heavy atom. The maximum Gasteiger partial charge on any atom is 0.247 e. The number of oxime groups is 1. The van der Waals surface area contributed by atoms with Crippen LogP contribution in [-0.4, -0.2) is 22.5 Å². The lowest BCUT2D eigenvalue weighted by atomic mass is 10.0. The fraction of sp³-hybridized carbons (Fsp3) is 0.0870. The van der Waals surface area contributed by atoms with Crippen molar-refractivity contribution in [3.8, 4) is 11.5 Å². The van der Waals surface area contributed by atoms with Crippen LogP contribution in [0.3, 0.4) is 0 Å². The minimum Gasteiger partial charge on any atom is -0.421 e. The Hall–Kier alpha value is -3.73. The molecule has 3 aromatic carbocycles. The number of benzene rings is 3. The second kappa shape index (κ2) is 8.77. The normalized spacial score (nSPS) is 10.4. The number of hydrogen-bond donors (Lipinski definition) is 0. The number of hydrogen-bond acceptors (Lipinski definition) is 5. The minimum atomic E-state index is 0.347. The number of rotatable bonds is 7. The maximum absolute atomic E-state index is 5.70. The average Bonchev–Trinajstić information content (AvgIpc) is 3.25. The summed E-state index contributed by atoms with van der Waals surface area (Å²) in [5, 5.41) is 12.5. The molecule has 0 fully saturated rings. The summed E-state index contributed by atoms with van der Waals surface area (Å²) in [6, 6.07) is 29.6. The van der Waals surface area contributed by atoms with Gasteiger partial charge in [0.25, 0.3) is 0 Å². The van der Waals surface area contributed by atoms with Gasteiger partial charge in [0.05, 0.1) is 6.42 Å². The Bertz CT molecular complexity index is 988. The molecule has 0 amide bonds. The lowest BCUT2D eigenvalue weighted by Crippen LogP contribution is -2.05. The molecule has 0 bridgehead atoms. The van der Waals surface area contributed by atoms with Crippen LogP contribution < -0.4 is 0 Å². The van der Waals surface area contributed by atoms with E-state index in [1.165, 1.54) is 0 Å². The van der Waals surface area contributed by atoms with Crippen molar-refractivity contribution in [2.24, 2.45) is 5.16 Å². The molecule has 5 heteroatoms. The molecule has 0 saturated carbocycles. The molecule has 0 saturated heterocycles. The van der Waals surface area contributed by atoms with Crippen molar-refractivity contribution in [3.05, 3.63) is 108 Å². The van der Waals surface area contributed by atoms with E-state index in [0.717, 1.165) is 22.4 Å². The fourth-order valence-electron chi connectivity index (χ4n) is 2.76. The zero-order valence-electron chi connectivity index (χ0n) is 15.2. The first kappa shape index (κ1) is 17.7. The smallest absolute Gasteiger partial charge is 0.247 e. The summed E-state index contributed by atoms with van der Waals surface area (Å²) in [4.78, 5) is 5.58. The Morgan fingerprint density at radius 2 is 1.32 bits per heavy atom. The standard InChI is InChI=1S/C23H19N3O2/c1-4-10-18(11-5-1)22(19-12-6-2-7-13-19)26-27-17-16-21-24-25-23(28-21)20-14-8-3-9-15-20/h1-15H,16-17H2. The van der Waals surface area contributed by atoms with Crippen LogP contribution in [0.2, 0.25) is 0 Å². The third-order valence-corrected chi connectivity index (χ3v) is 4.15. The average molecular weight is 369 g/mol. The highest BCUT2D eigenvalue weighted by Crippen LogP contribution is 2.17. The van der Waals surface area contributed by atoms with Crippen molar-refractivity contribution in [1.29, 1.82) is 0 Å². The molecular formula is C23H19N3O2.